The van der Waals surface area contributed by atoms with Crippen LogP contribution in [0.4, 0.5) is 5.69 Å². The van der Waals surface area contributed by atoms with E-state index in [1.807, 2.05) is 47.6 Å². The van der Waals surface area contributed by atoms with Gasteiger partial charge >= 0.3 is 0 Å². The van der Waals surface area contributed by atoms with Gasteiger partial charge in [-0.1, -0.05) is 47.6 Å². The molecule has 0 amide bonds. The molecule has 7 nitrogen and oxygen atoms in total. The van der Waals surface area contributed by atoms with Gasteiger partial charge in [-0.05, 0) is 37.4 Å². The van der Waals surface area contributed by atoms with Crippen molar-refractivity contribution >= 4 is 15.7 Å². The first-order valence-electron chi connectivity index (χ1n) is 9.36. The second-order valence-corrected chi connectivity index (χ2v) is 6.04. The minimum absolute atomic E-state index is 0.0347. The molecule has 0 saturated carbocycles. The van der Waals surface area contributed by atoms with Crippen LogP contribution in [0.1, 0.15) is 41.5 Å². The Morgan fingerprint density at radius 3 is 1.71 bits per heavy atom. The van der Waals surface area contributed by atoms with Crippen LogP contribution in [0, 0.1) is 0 Å². The summed E-state index contributed by atoms with van der Waals surface area (Å²) in [5.74, 6) is 0. The average Bonchev–Trinajstić information content (AvgIpc) is 2.76. The summed E-state index contributed by atoms with van der Waals surface area (Å²) in [6.07, 6.45) is 1.72. The van der Waals surface area contributed by atoms with Gasteiger partial charge in [0, 0.05) is 26.4 Å². The van der Waals surface area contributed by atoms with E-state index < -0.39 is 10.0 Å². The summed E-state index contributed by atoms with van der Waals surface area (Å²) in [5.41, 5.74) is 0.662. The van der Waals surface area contributed by atoms with Crippen molar-refractivity contribution < 1.29 is 8.42 Å². The number of pyridine rings is 1. The van der Waals surface area contributed by atoms with E-state index in [0.717, 1.165) is 0 Å². The lowest BCUT2D eigenvalue weighted by atomic mass is 10.3. The molecule has 0 saturated heterocycles. The van der Waals surface area contributed by atoms with E-state index in [0.29, 0.717) is 5.69 Å². The van der Waals surface area contributed by atoms with Gasteiger partial charge in [-0.3, -0.25) is 4.79 Å². The van der Waals surface area contributed by atoms with Crippen LogP contribution in [0.15, 0.2) is 68.6 Å². The van der Waals surface area contributed by atoms with E-state index in [1.165, 1.54) is 29.8 Å². The van der Waals surface area contributed by atoms with E-state index in [-0.39, 0.29) is 10.5 Å². The molecule has 2 aromatic rings. The molecule has 0 atom stereocenters. The first-order valence-corrected chi connectivity index (χ1v) is 10.8. The quantitative estimate of drug-likeness (QED) is 0.736. The highest BCUT2D eigenvalue weighted by atomic mass is 32.2. The lowest BCUT2D eigenvalue weighted by Crippen LogP contribution is -2.18. The lowest BCUT2D eigenvalue weighted by molar-refractivity contribution is 0.588. The Hall–Kier alpha value is -2.32. The summed E-state index contributed by atoms with van der Waals surface area (Å²) in [6.45, 7) is 12.0. The fourth-order valence-electron chi connectivity index (χ4n) is 1.43. The highest BCUT2D eigenvalue weighted by molar-refractivity contribution is 7.89. The predicted molar refractivity (Wildman–Crippen MR) is 119 cm³/mol. The molecule has 8 heteroatoms. The average molecular weight is 413 g/mol. The second kappa shape index (κ2) is 19.4. The van der Waals surface area contributed by atoms with Crippen LogP contribution in [0.2, 0.25) is 0 Å². The van der Waals surface area contributed by atoms with E-state index in [9.17, 15) is 13.2 Å². The number of azo groups is 1. The second-order valence-electron chi connectivity index (χ2n) is 4.15. The number of hydrogen-bond donors (Lipinski definition) is 1. The van der Waals surface area contributed by atoms with Crippen molar-refractivity contribution in [2.75, 3.05) is 14.1 Å². The maximum atomic E-state index is 11.3. The first-order chi connectivity index (χ1) is 13.4. The number of sulfonamides is 1. The summed E-state index contributed by atoms with van der Waals surface area (Å²) in [6, 6.07) is 11.2. The largest absolute Gasteiger partial charge is 0.319 e. The number of nitrogens with one attached hydrogen (secondary N) is 1. The Morgan fingerprint density at radius 2 is 1.39 bits per heavy atom. The van der Waals surface area contributed by atoms with Crippen molar-refractivity contribution in [3.63, 3.8) is 0 Å². The Labute approximate surface area is 170 Å². The molecule has 160 valence electrons. The van der Waals surface area contributed by atoms with Crippen LogP contribution < -0.4 is 10.3 Å². The molecule has 0 aliphatic rings. The van der Waals surface area contributed by atoms with Crippen molar-refractivity contribution in [1.82, 2.24) is 9.29 Å². The van der Waals surface area contributed by atoms with Gasteiger partial charge in [-0.25, -0.2) is 13.1 Å². The van der Waals surface area contributed by atoms with E-state index >= 15 is 0 Å². The molecule has 0 spiro atoms. The fourth-order valence-corrected chi connectivity index (χ4v) is 2.16. The van der Waals surface area contributed by atoms with E-state index in [4.69, 9.17) is 0 Å². The lowest BCUT2D eigenvalue weighted by Gasteiger charge is -2.01. The third-order valence-corrected chi connectivity index (χ3v) is 4.07. The molecule has 0 aliphatic carbocycles. The van der Waals surface area contributed by atoms with Crippen molar-refractivity contribution in [3.8, 4) is 0 Å². The summed E-state index contributed by atoms with van der Waals surface area (Å²) in [7, 11) is 1.30. The molecule has 1 N–H and O–H groups in total. The van der Waals surface area contributed by atoms with Crippen LogP contribution in [0.25, 0.3) is 0 Å². The molecule has 0 radical (unpaired) electrons. The molecule has 0 bridgehead atoms. The molecule has 1 aromatic heterocycles. The van der Waals surface area contributed by atoms with Crippen molar-refractivity contribution in [3.05, 3.63) is 59.0 Å². The molecule has 28 heavy (non-hydrogen) atoms. The van der Waals surface area contributed by atoms with E-state index in [2.05, 4.69) is 15.0 Å². The van der Waals surface area contributed by atoms with Crippen LogP contribution in [0.5, 0.6) is 0 Å². The molecular weight excluding hydrogens is 376 g/mol. The van der Waals surface area contributed by atoms with Crippen LogP contribution >= 0.6 is 0 Å². The van der Waals surface area contributed by atoms with Crippen LogP contribution in [-0.2, 0) is 17.1 Å². The zero-order valence-electron chi connectivity index (χ0n) is 18.6. The molecule has 1 heterocycles. The summed E-state index contributed by atoms with van der Waals surface area (Å²) in [4.78, 5) is 10.8. The number of aryl methyl sites for hydroxylation is 1. The summed E-state index contributed by atoms with van der Waals surface area (Å²) >= 11 is 0. The molecule has 2 rings (SSSR count). The van der Waals surface area contributed by atoms with Crippen molar-refractivity contribution in [1.29, 1.82) is 0 Å². The SMILES string of the molecule is CC.CC.CC.CN=Nc1ccc(S(=O)(=O)NC)cc1.Cn1ccccc1=O. The topological polar surface area (TPSA) is 92.9 Å². The fraction of sp³-hybridized carbons (Fsp3) is 0.450. The highest BCUT2D eigenvalue weighted by Crippen LogP contribution is 2.16. The third-order valence-electron chi connectivity index (χ3n) is 2.64. The van der Waals surface area contributed by atoms with E-state index in [1.54, 1.807) is 38.5 Å². The zero-order chi connectivity index (χ0) is 22.6. The number of aromatic nitrogens is 1. The molecule has 1 aromatic carbocycles. The third kappa shape index (κ3) is 12.9. The molecular formula is C20H36N4O3S. The van der Waals surface area contributed by atoms with Crippen LogP contribution in [0.3, 0.4) is 0 Å². The molecule has 0 unspecified atom stereocenters. The zero-order valence-corrected chi connectivity index (χ0v) is 19.4. The molecule has 0 fully saturated rings. The minimum atomic E-state index is -3.35. The molecule has 0 aliphatic heterocycles. The normalized spacial score (nSPS) is 9.32. The standard InChI is InChI=1S/C8H11N3O2S.C6H7NO.3C2H6/c1-9-11-7-3-5-8(6-4-7)14(12,13)10-2;1-7-5-3-2-4-6(7)8;3*1-2/h3-6,10H,1-2H3;2-5H,1H3;3*1-2H3. The predicted octanol–water partition coefficient (Wildman–Crippen LogP) is 4.77. The number of hydrogen-bond acceptors (Lipinski definition) is 5. The highest BCUT2D eigenvalue weighted by Gasteiger charge is 2.09. The van der Waals surface area contributed by atoms with Crippen molar-refractivity contribution in [2.45, 2.75) is 46.4 Å². The maximum absolute atomic E-state index is 11.3. The van der Waals surface area contributed by atoms with Crippen molar-refractivity contribution in [2.24, 2.45) is 17.3 Å². The van der Waals surface area contributed by atoms with Gasteiger partial charge in [0.25, 0.3) is 0 Å². The van der Waals surface area contributed by atoms with Gasteiger partial charge in [0.05, 0.1) is 10.6 Å². The minimum Gasteiger partial charge on any atom is -0.319 e. The van der Waals surface area contributed by atoms with Gasteiger partial charge in [0.1, 0.15) is 0 Å². The Bertz CT molecular complexity index is 784. The Morgan fingerprint density at radius 1 is 0.893 bits per heavy atom. The Balaban J connectivity index is -0.000000379. The van der Waals surface area contributed by atoms with Crippen LogP contribution in [-0.4, -0.2) is 27.1 Å². The van der Waals surface area contributed by atoms with Gasteiger partial charge in [0.2, 0.25) is 15.6 Å². The number of benzene rings is 1. The first kappa shape index (κ1) is 30.4. The number of nitrogens with zero attached hydrogens (tertiary/aromatic N) is 3. The Kier molecular flexibility index (Phi) is 21.1. The van der Waals surface area contributed by atoms with Gasteiger partial charge in [-0.2, -0.15) is 10.2 Å². The van der Waals surface area contributed by atoms with Gasteiger partial charge < -0.3 is 4.57 Å². The smallest absolute Gasteiger partial charge is 0.250 e. The maximum Gasteiger partial charge on any atom is 0.250 e. The summed E-state index contributed by atoms with van der Waals surface area (Å²) in [5, 5.41) is 7.34. The number of rotatable bonds is 3. The summed E-state index contributed by atoms with van der Waals surface area (Å²) < 4.78 is 26.4. The van der Waals surface area contributed by atoms with Gasteiger partial charge in [-0.15, -0.1) is 0 Å². The monoisotopic (exact) mass is 412 g/mol. The van der Waals surface area contributed by atoms with Gasteiger partial charge in [0.15, 0.2) is 0 Å².